The molecule has 0 aliphatic carbocycles. The first kappa shape index (κ1) is 9.64. The molecule has 1 aromatic carbocycles. The fourth-order valence-corrected chi connectivity index (χ4v) is 2.35. The number of morpholine rings is 1. The second-order valence-corrected chi connectivity index (χ2v) is 4.36. The molecule has 3 rings (SSSR count). The van der Waals surface area contributed by atoms with E-state index < -0.39 is 0 Å². The number of quaternary nitrogens is 1. The Hall–Kier alpha value is -1.57. The van der Waals surface area contributed by atoms with Crippen molar-refractivity contribution in [2.75, 3.05) is 38.0 Å². The molecule has 4 nitrogen and oxygen atoms in total. The summed E-state index contributed by atoms with van der Waals surface area (Å²) in [6, 6.07) is 10.0. The summed E-state index contributed by atoms with van der Waals surface area (Å²) in [7, 11) is 0. The zero-order valence-corrected chi connectivity index (χ0v) is 9.09. The lowest BCUT2D eigenvalue weighted by Crippen LogP contribution is -2.42. The summed E-state index contributed by atoms with van der Waals surface area (Å²) in [4.78, 5) is 0. The molecule has 2 aliphatic heterocycles. The van der Waals surface area contributed by atoms with Gasteiger partial charge in [0.25, 0.3) is 0 Å². The first-order valence-corrected chi connectivity index (χ1v) is 5.56. The number of benzene rings is 1. The molecule has 2 saturated heterocycles. The van der Waals surface area contributed by atoms with Gasteiger partial charge in [-0.05, 0) is 18.2 Å². The molecule has 1 aromatic rings. The molecule has 82 valence electrons. The third-order valence-corrected chi connectivity index (χ3v) is 3.40. The molecule has 0 bridgehead atoms. The monoisotopic (exact) mass is 216 g/mol. The Morgan fingerprint density at radius 1 is 1.31 bits per heavy atom. The first-order valence-electron chi connectivity index (χ1n) is 5.56. The van der Waals surface area contributed by atoms with E-state index in [4.69, 9.17) is 10.00 Å². The van der Waals surface area contributed by atoms with E-state index in [9.17, 15) is 0 Å². The fourth-order valence-electron chi connectivity index (χ4n) is 2.35. The third kappa shape index (κ3) is 1.45. The number of ether oxygens (including phenoxy) is 1. The van der Waals surface area contributed by atoms with Crippen LogP contribution in [0.4, 0.5) is 5.69 Å². The van der Waals surface area contributed by atoms with Crippen LogP contribution in [0, 0.1) is 11.3 Å². The topological polar surface area (TPSA) is 36.0 Å². The van der Waals surface area contributed by atoms with Crippen molar-refractivity contribution in [2.24, 2.45) is 0 Å². The maximum atomic E-state index is 8.87. The van der Waals surface area contributed by atoms with E-state index in [1.165, 1.54) is 0 Å². The molecule has 1 spiro atoms. The van der Waals surface area contributed by atoms with Gasteiger partial charge in [0.1, 0.15) is 13.1 Å². The highest BCUT2D eigenvalue weighted by Crippen LogP contribution is 2.36. The number of nitriles is 1. The van der Waals surface area contributed by atoms with E-state index in [0.29, 0.717) is 0 Å². The van der Waals surface area contributed by atoms with Gasteiger partial charge < -0.3 is 4.74 Å². The summed E-state index contributed by atoms with van der Waals surface area (Å²) in [5, 5.41) is 11.2. The van der Waals surface area contributed by atoms with Crippen LogP contribution in [0.3, 0.4) is 0 Å². The van der Waals surface area contributed by atoms with E-state index in [2.05, 4.69) is 17.1 Å². The molecular weight excluding hydrogens is 202 g/mol. The van der Waals surface area contributed by atoms with Crippen molar-refractivity contribution >= 4 is 5.69 Å². The molecule has 2 heterocycles. The van der Waals surface area contributed by atoms with Crippen LogP contribution >= 0.6 is 0 Å². The minimum absolute atomic E-state index is 0.732. The van der Waals surface area contributed by atoms with Crippen molar-refractivity contribution < 1.29 is 9.33 Å². The summed E-state index contributed by atoms with van der Waals surface area (Å²) in [6.07, 6.45) is 0. The van der Waals surface area contributed by atoms with Crippen LogP contribution in [0.5, 0.6) is 0 Å². The van der Waals surface area contributed by atoms with E-state index in [-0.39, 0.29) is 0 Å². The minimum Gasteiger partial charge on any atom is -0.370 e. The Morgan fingerprint density at radius 2 is 2.12 bits per heavy atom. The lowest BCUT2D eigenvalue weighted by atomic mass is 10.2. The number of hydrogen-bond donors (Lipinski definition) is 0. The summed E-state index contributed by atoms with van der Waals surface area (Å²) in [6.45, 7) is 4.84. The highest BCUT2D eigenvalue weighted by Gasteiger charge is 2.54. The molecule has 4 heteroatoms. The fraction of sp³-hybridized carbons (Fsp3) is 0.417. The molecule has 0 aromatic heterocycles. The van der Waals surface area contributed by atoms with Crippen molar-refractivity contribution in [1.29, 1.82) is 5.26 Å². The Bertz CT molecular complexity index is 446. The van der Waals surface area contributed by atoms with Crippen LogP contribution in [0.25, 0.3) is 0 Å². The Labute approximate surface area is 94.8 Å². The van der Waals surface area contributed by atoms with Crippen LogP contribution in [-0.2, 0) is 4.74 Å². The molecule has 0 saturated carbocycles. The molecule has 2 aliphatic rings. The second kappa shape index (κ2) is 3.48. The first-order chi connectivity index (χ1) is 7.84. The van der Waals surface area contributed by atoms with Gasteiger partial charge in [-0.3, -0.25) is 0 Å². The van der Waals surface area contributed by atoms with Gasteiger partial charge >= 0.3 is 0 Å². The van der Waals surface area contributed by atoms with Gasteiger partial charge in [0.05, 0.1) is 30.5 Å². The average Bonchev–Trinajstić information content (AvgIpc) is 3.04. The predicted octanol–water partition coefficient (Wildman–Crippen LogP) is 1.10. The SMILES string of the molecule is N#Cc1cccc(N2C[N+]23CCOCC3)c1. The maximum Gasteiger partial charge on any atom is 0.220 e. The van der Waals surface area contributed by atoms with Gasteiger partial charge in [0, 0.05) is 0 Å². The van der Waals surface area contributed by atoms with E-state index >= 15 is 0 Å². The van der Waals surface area contributed by atoms with Gasteiger partial charge in [-0.1, -0.05) is 6.07 Å². The summed E-state index contributed by atoms with van der Waals surface area (Å²) < 4.78 is 6.39. The molecule has 0 amide bonds. The standard InChI is InChI=1S/C12H14N3O/c13-9-11-2-1-3-12(8-11)14-10-15(14)4-6-16-7-5-15/h1-3,8H,4-7,10H2/q+1. The smallest absolute Gasteiger partial charge is 0.220 e. The van der Waals surface area contributed by atoms with Gasteiger partial charge in [0.2, 0.25) is 6.67 Å². The van der Waals surface area contributed by atoms with Gasteiger partial charge in [-0.15, -0.1) is 0 Å². The number of nitrogens with zero attached hydrogens (tertiary/aromatic N) is 3. The largest absolute Gasteiger partial charge is 0.370 e. The Balaban J connectivity index is 1.82. The highest BCUT2D eigenvalue weighted by atomic mass is 16.5. The molecule has 16 heavy (non-hydrogen) atoms. The van der Waals surface area contributed by atoms with Crippen molar-refractivity contribution in [3.63, 3.8) is 0 Å². The van der Waals surface area contributed by atoms with Crippen LogP contribution in [0.2, 0.25) is 0 Å². The zero-order chi connectivity index (χ0) is 11.0. The normalized spacial score (nSPS) is 21.8. The van der Waals surface area contributed by atoms with Crippen molar-refractivity contribution in [3.8, 4) is 6.07 Å². The molecule has 0 N–H and O–H groups in total. The van der Waals surface area contributed by atoms with Crippen molar-refractivity contribution in [2.45, 2.75) is 0 Å². The van der Waals surface area contributed by atoms with Gasteiger partial charge in [-0.25, -0.2) is 0 Å². The van der Waals surface area contributed by atoms with E-state index in [0.717, 1.165) is 48.8 Å². The van der Waals surface area contributed by atoms with E-state index in [1.54, 1.807) is 0 Å². The van der Waals surface area contributed by atoms with Crippen molar-refractivity contribution in [3.05, 3.63) is 29.8 Å². The highest BCUT2D eigenvalue weighted by molar-refractivity contribution is 5.51. The number of anilines is 1. The third-order valence-electron chi connectivity index (χ3n) is 3.40. The number of hydrogen-bond acceptors (Lipinski definition) is 3. The van der Waals surface area contributed by atoms with Crippen LogP contribution in [0.1, 0.15) is 5.56 Å². The van der Waals surface area contributed by atoms with E-state index in [1.807, 2.05) is 18.2 Å². The van der Waals surface area contributed by atoms with Crippen LogP contribution in [-0.4, -0.2) is 37.6 Å². The molecular formula is C12H14N3O+. The lowest BCUT2D eigenvalue weighted by molar-refractivity contribution is -0.815. The lowest BCUT2D eigenvalue weighted by Gasteiger charge is -2.23. The van der Waals surface area contributed by atoms with Crippen LogP contribution in [0.15, 0.2) is 24.3 Å². The quantitative estimate of drug-likeness (QED) is 0.521. The molecule has 0 radical (unpaired) electrons. The van der Waals surface area contributed by atoms with Gasteiger partial charge in [0.15, 0.2) is 0 Å². The Kier molecular flexibility index (Phi) is 2.10. The maximum absolute atomic E-state index is 8.87. The number of rotatable bonds is 1. The Morgan fingerprint density at radius 3 is 2.88 bits per heavy atom. The summed E-state index contributed by atoms with van der Waals surface area (Å²) in [5.41, 5.74) is 1.89. The minimum atomic E-state index is 0.732. The second-order valence-electron chi connectivity index (χ2n) is 4.36. The van der Waals surface area contributed by atoms with Crippen molar-refractivity contribution in [1.82, 2.24) is 0 Å². The molecule has 0 atom stereocenters. The van der Waals surface area contributed by atoms with Crippen LogP contribution < -0.4 is 5.01 Å². The summed E-state index contributed by atoms with van der Waals surface area (Å²) >= 11 is 0. The summed E-state index contributed by atoms with van der Waals surface area (Å²) in [5.74, 6) is 0. The van der Waals surface area contributed by atoms with Gasteiger partial charge in [-0.2, -0.15) is 14.9 Å². The zero-order valence-electron chi connectivity index (χ0n) is 9.09. The molecule has 2 fully saturated rings. The molecule has 0 unspecified atom stereocenters. The average molecular weight is 216 g/mol. The predicted molar refractivity (Wildman–Crippen MR) is 59.3 cm³/mol.